The first-order valence-corrected chi connectivity index (χ1v) is 5.72. The van der Waals surface area contributed by atoms with E-state index in [2.05, 4.69) is 0 Å². The third-order valence-corrected chi connectivity index (χ3v) is 3.50. The van der Waals surface area contributed by atoms with Crippen molar-refractivity contribution < 1.29 is 14.3 Å². The lowest BCUT2D eigenvalue weighted by Gasteiger charge is -2.36. The Kier molecular flexibility index (Phi) is 3.33. The van der Waals surface area contributed by atoms with Crippen LogP contribution in [0.5, 0.6) is 0 Å². The van der Waals surface area contributed by atoms with Gasteiger partial charge < -0.3 is 20.1 Å². The van der Waals surface area contributed by atoms with E-state index in [1.165, 1.54) is 0 Å². The lowest BCUT2D eigenvalue weighted by molar-refractivity contribution is -0.147. The van der Waals surface area contributed by atoms with E-state index in [-0.39, 0.29) is 11.9 Å². The van der Waals surface area contributed by atoms with Crippen LogP contribution in [0.2, 0.25) is 0 Å². The van der Waals surface area contributed by atoms with Crippen molar-refractivity contribution in [3.05, 3.63) is 0 Å². The van der Waals surface area contributed by atoms with E-state index in [1.807, 2.05) is 13.0 Å². The van der Waals surface area contributed by atoms with E-state index in [4.69, 9.17) is 20.5 Å². The maximum Gasteiger partial charge on any atom is 0.232 e. The van der Waals surface area contributed by atoms with Crippen molar-refractivity contribution in [1.82, 2.24) is 4.90 Å². The fourth-order valence-electron chi connectivity index (χ4n) is 2.18. The van der Waals surface area contributed by atoms with Crippen LogP contribution in [0.3, 0.4) is 0 Å². The first-order valence-electron chi connectivity index (χ1n) is 5.72. The van der Waals surface area contributed by atoms with Gasteiger partial charge in [0.2, 0.25) is 5.91 Å². The van der Waals surface area contributed by atoms with Gasteiger partial charge in [0.1, 0.15) is 0 Å². The van der Waals surface area contributed by atoms with Crippen molar-refractivity contribution in [1.29, 1.82) is 5.26 Å². The van der Waals surface area contributed by atoms with Gasteiger partial charge >= 0.3 is 0 Å². The van der Waals surface area contributed by atoms with E-state index in [0.717, 1.165) is 0 Å². The Morgan fingerprint density at radius 3 is 3.00 bits per heavy atom. The topological polar surface area (TPSA) is 88.6 Å². The Morgan fingerprint density at radius 2 is 2.41 bits per heavy atom. The smallest absolute Gasteiger partial charge is 0.232 e. The molecule has 6 heteroatoms. The lowest BCUT2D eigenvalue weighted by Crippen LogP contribution is -2.55. The van der Waals surface area contributed by atoms with Crippen molar-refractivity contribution in [2.45, 2.75) is 19.1 Å². The van der Waals surface area contributed by atoms with E-state index in [1.54, 1.807) is 4.90 Å². The zero-order chi connectivity index (χ0) is 12.5. The monoisotopic (exact) mass is 239 g/mol. The van der Waals surface area contributed by atoms with Crippen LogP contribution in [0.1, 0.15) is 6.92 Å². The average molecular weight is 239 g/mol. The van der Waals surface area contributed by atoms with Gasteiger partial charge in [-0.3, -0.25) is 4.79 Å². The van der Waals surface area contributed by atoms with E-state index >= 15 is 0 Å². The highest BCUT2D eigenvalue weighted by Crippen LogP contribution is 2.30. The zero-order valence-electron chi connectivity index (χ0n) is 9.89. The number of ether oxygens (including phenoxy) is 2. The molecule has 0 aromatic rings. The molecule has 2 N–H and O–H groups in total. The normalized spacial score (nSPS) is 37.8. The molecule has 0 radical (unpaired) electrons. The predicted octanol–water partition coefficient (Wildman–Crippen LogP) is -0.899. The minimum atomic E-state index is -0.669. The van der Waals surface area contributed by atoms with Gasteiger partial charge in [-0.25, -0.2) is 0 Å². The van der Waals surface area contributed by atoms with Crippen molar-refractivity contribution in [2.75, 3.05) is 32.9 Å². The summed E-state index contributed by atoms with van der Waals surface area (Å²) in [5.74, 6) is -0.0361. The van der Waals surface area contributed by atoms with Crippen LogP contribution in [0.25, 0.3) is 0 Å². The summed E-state index contributed by atoms with van der Waals surface area (Å²) in [5.41, 5.74) is 5.25. The first kappa shape index (κ1) is 12.3. The van der Waals surface area contributed by atoms with Crippen LogP contribution >= 0.6 is 0 Å². The summed E-state index contributed by atoms with van der Waals surface area (Å²) in [6, 6.07) is 1.75. The molecule has 2 aliphatic rings. The number of hydrogen-bond acceptors (Lipinski definition) is 5. The van der Waals surface area contributed by atoms with Crippen molar-refractivity contribution in [2.24, 2.45) is 11.1 Å². The molecular weight excluding hydrogens is 222 g/mol. The Bertz CT molecular complexity index is 354. The van der Waals surface area contributed by atoms with Gasteiger partial charge in [-0.15, -0.1) is 0 Å². The largest absolute Gasteiger partial charge is 0.379 e. The summed E-state index contributed by atoms with van der Waals surface area (Å²) < 4.78 is 10.5. The highest BCUT2D eigenvalue weighted by atomic mass is 16.5. The summed E-state index contributed by atoms with van der Waals surface area (Å²) in [7, 11) is 0. The van der Waals surface area contributed by atoms with Gasteiger partial charge in [0.25, 0.3) is 0 Å². The summed E-state index contributed by atoms with van der Waals surface area (Å²) in [6.45, 7) is 3.81. The van der Waals surface area contributed by atoms with Crippen molar-refractivity contribution >= 4 is 5.91 Å². The summed E-state index contributed by atoms with van der Waals surface area (Å²) >= 11 is 0. The van der Waals surface area contributed by atoms with Gasteiger partial charge in [-0.05, 0) is 6.92 Å². The molecule has 0 aromatic carbocycles. The lowest BCUT2D eigenvalue weighted by atomic mass is 9.84. The molecule has 0 bridgehead atoms. The van der Waals surface area contributed by atoms with Crippen LogP contribution in [0.4, 0.5) is 0 Å². The number of nitrogens with zero attached hydrogens (tertiary/aromatic N) is 2. The number of nitriles is 1. The Labute approximate surface area is 100 Å². The maximum absolute atomic E-state index is 12.4. The van der Waals surface area contributed by atoms with E-state index in [0.29, 0.717) is 32.9 Å². The summed E-state index contributed by atoms with van der Waals surface area (Å²) in [5, 5.41) is 8.81. The fraction of sp³-hybridized carbons (Fsp3) is 0.818. The van der Waals surface area contributed by atoms with Crippen LogP contribution < -0.4 is 5.73 Å². The Hall–Kier alpha value is -1.16. The molecular formula is C11H17N3O3. The number of nitrogens with two attached hydrogens (primary N) is 1. The minimum absolute atomic E-state index is 0.0361. The van der Waals surface area contributed by atoms with Gasteiger partial charge in [-0.1, -0.05) is 0 Å². The molecule has 6 nitrogen and oxygen atoms in total. The van der Waals surface area contributed by atoms with Crippen LogP contribution in [0, 0.1) is 16.7 Å². The molecule has 0 aliphatic carbocycles. The molecule has 2 heterocycles. The molecule has 1 amide bonds. The number of carbonyl (C=O) groups is 1. The van der Waals surface area contributed by atoms with Crippen molar-refractivity contribution in [3.63, 3.8) is 0 Å². The zero-order valence-corrected chi connectivity index (χ0v) is 9.89. The number of carbonyl (C=O) groups excluding carboxylic acids is 1. The number of rotatable bonds is 1. The predicted molar refractivity (Wildman–Crippen MR) is 58.8 cm³/mol. The van der Waals surface area contributed by atoms with Gasteiger partial charge in [0.15, 0.2) is 6.10 Å². The summed E-state index contributed by atoms with van der Waals surface area (Å²) in [4.78, 5) is 14.1. The van der Waals surface area contributed by atoms with Gasteiger partial charge in [0, 0.05) is 12.6 Å². The van der Waals surface area contributed by atoms with Gasteiger partial charge in [-0.2, -0.15) is 5.26 Å². The van der Waals surface area contributed by atoms with E-state index in [9.17, 15) is 4.79 Å². The highest BCUT2D eigenvalue weighted by molar-refractivity contribution is 5.84. The van der Waals surface area contributed by atoms with Crippen LogP contribution in [-0.4, -0.2) is 55.9 Å². The standard InChI is InChI=1S/C11H17N3O3/c1-11(7-16-6-9(11)13)10(15)14-2-3-17-8(4-12)5-14/h8-9H,2-3,5-7,13H2,1H3. The quantitative estimate of drug-likeness (QED) is 0.640. The molecule has 94 valence electrons. The molecule has 2 fully saturated rings. The number of hydrogen-bond donors (Lipinski definition) is 1. The van der Waals surface area contributed by atoms with Gasteiger partial charge in [0.05, 0.1) is 37.8 Å². The molecule has 2 saturated heterocycles. The molecule has 2 aliphatic heterocycles. The third-order valence-electron chi connectivity index (χ3n) is 3.50. The number of amides is 1. The second kappa shape index (κ2) is 4.61. The first-order chi connectivity index (χ1) is 8.08. The SMILES string of the molecule is CC1(C(=O)N2CCOC(C#N)C2)COCC1N. The molecule has 0 saturated carbocycles. The van der Waals surface area contributed by atoms with Crippen LogP contribution in [-0.2, 0) is 14.3 Å². The Balaban J connectivity index is 2.07. The molecule has 3 unspecified atom stereocenters. The second-order valence-electron chi connectivity index (χ2n) is 4.78. The van der Waals surface area contributed by atoms with Crippen LogP contribution in [0.15, 0.2) is 0 Å². The minimum Gasteiger partial charge on any atom is -0.379 e. The average Bonchev–Trinajstić information content (AvgIpc) is 2.70. The molecule has 0 aromatic heterocycles. The van der Waals surface area contributed by atoms with E-state index < -0.39 is 11.5 Å². The number of morpholine rings is 1. The molecule has 2 rings (SSSR count). The molecule has 0 spiro atoms. The molecule has 3 atom stereocenters. The third kappa shape index (κ3) is 2.14. The molecule has 17 heavy (non-hydrogen) atoms. The Morgan fingerprint density at radius 1 is 1.65 bits per heavy atom. The maximum atomic E-state index is 12.4. The highest BCUT2D eigenvalue weighted by Gasteiger charge is 2.47. The second-order valence-corrected chi connectivity index (χ2v) is 4.78. The van der Waals surface area contributed by atoms with Crippen molar-refractivity contribution in [3.8, 4) is 6.07 Å². The fourth-order valence-corrected chi connectivity index (χ4v) is 2.18. The summed E-state index contributed by atoms with van der Waals surface area (Å²) in [6.07, 6.45) is -0.533.